The lowest BCUT2D eigenvalue weighted by Crippen LogP contribution is -2.48. The van der Waals surface area contributed by atoms with Gasteiger partial charge in [0, 0.05) is 37.0 Å². The number of nitrogens with zero attached hydrogens (tertiary/aromatic N) is 7. The van der Waals surface area contributed by atoms with Crippen LogP contribution in [0.3, 0.4) is 0 Å². The molecule has 4 heterocycles. The first-order valence-electron chi connectivity index (χ1n) is 10.6. The number of amides is 1. The molecule has 0 radical (unpaired) electrons. The average Bonchev–Trinajstić information content (AvgIpc) is 3.49. The van der Waals surface area contributed by atoms with E-state index in [0.717, 1.165) is 28.8 Å². The highest BCUT2D eigenvalue weighted by Crippen LogP contribution is 2.26. The second kappa shape index (κ2) is 8.29. The molecule has 2 unspecified atom stereocenters. The van der Waals surface area contributed by atoms with Crippen LogP contribution in [0.2, 0.25) is 0 Å². The first kappa shape index (κ1) is 20.0. The van der Waals surface area contributed by atoms with Gasteiger partial charge in [-0.3, -0.25) is 0 Å². The SMILES string of the molecule is CCC1CC(Oc2ccc(-n3ccc4cc(-n5cnnn5)ccc43)nc2)CCN1C(=O)O. The van der Waals surface area contributed by atoms with Crippen molar-refractivity contribution in [3.05, 3.63) is 55.1 Å². The van der Waals surface area contributed by atoms with Crippen molar-refractivity contribution < 1.29 is 14.6 Å². The summed E-state index contributed by atoms with van der Waals surface area (Å²) in [6, 6.07) is 11.8. The summed E-state index contributed by atoms with van der Waals surface area (Å²) < 4.78 is 9.75. The third-order valence-corrected chi connectivity index (χ3v) is 5.94. The zero-order chi connectivity index (χ0) is 22.1. The number of carboxylic acid groups (broad SMARTS) is 1. The molecular weight excluding hydrogens is 410 g/mol. The fraction of sp³-hybridized carbons (Fsp3) is 0.318. The Bertz CT molecular complexity index is 1220. The number of carbonyl (C=O) groups is 1. The van der Waals surface area contributed by atoms with Crippen molar-refractivity contribution in [3.8, 4) is 17.3 Å². The van der Waals surface area contributed by atoms with Gasteiger partial charge in [0.05, 0.1) is 17.4 Å². The van der Waals surface area contributed by atoms with Crippen LogP contribution in [0.1, 0.15) is 26.2 Å². The minimum atomic E-state index is -0.856. The third kappa shape index (κ3) is 3.75. The van der Waals surface area contributed by atoms with Gasteiger partial charge in [0.2, 0.25) is 0 Å². The second-order valence-electron chi connectivity index (χ2n) is 7.84. The number of pyridine rings is 1. The molecular formula is C22H23N7O3. The topological polar surface area (TPSA) is 111 Å². The number of fused-ring (bicyclic) bond motifs is 1. The van der Waals surface area contributed by atoms with Crippen molar-refractivity contribution in [1.29, 1.82) is 0 Å². The maximum atomic E-state index is 11.4. The predicted octanol–water partition coefficient (Wildman–Crippen LogP) is 3.30. The van der Waals surface area contributed by atoms with Crippen LogP contribution in [0.4, 0.5) is 4.79 Å². The van der Waals surface area contributed by atoms with Gasteiger partial charge in [-0.05, 0) is 53.2 Å². The summed E-state index contributed by atoms with van der Waals surface area (Å²) in [6.45, 7) is 2.50. The van der Waals surface area contributed by atoms with Crippen molar-refractivity contribution in [2.75, 3.05) is 6.54 Å². The van der Waals surface area contributed by atoms with Crippen LogP contribution >= 0.6 is 0 Å². The largest absolute Gasteiger partial charge is 0.489 e. The molecule has 32 heavy (non-hydrogen) atoms. The maximum absolute atomic E-state index is 11.4. The van der Waals surface area contributed by atoms with E-state index in [1.54, 1.807) is 17.2 Å². The number of aromatic nitrogens is 6. The molecule has 164 valence electrons. The molecule has 4 aromatic rings. The Morgan fingerprint density at radius 2 is 2.16 bits per heavy atom. The van der Waals surface area contributed by atoms with E-state index in [0.29, 0.717) is 25.1 Å². The number of piperidine rings is 1. The minimum Gasteiger partial charge on any atom is -0.489 e. The van der Waals surface area contributed by atoms with Gasteiger partial charge >= 0.3 is 6.09 Å². The molecule has 3 aromatic heterocycles. The quantitative estimate of drug-likeness (QED) is 0.514. The third-order valence-electron chi connectivity index (χ3n) is 5.94. The molecule has 10 nitrogen and oxygen atoms in total. The summed E-state index contributed by atoms with van der Waals surface area (Å²) in [5.41, 5.74) is 1.91. The van der Waals surface area contributed by atoms with E-state index in [1.165, 1.54) is 4.90 Å². The van der Waals surface area contributed by atoms with E-state index < -0.39 is 6.09 Å². The molecule has 10 heteroatoms. The Morgan fingerprint density at radius 1 is 1.25 bits per heavy atom. The van der Waals surface area contributed by atoms with E-state index in [9.17, 15) is 9.90 Å². The van der Waals surface area contributed by atoms with Gasteiger partial charge in [-0.25, -0.2) is 14.5 Å². The van der Waals surface area contributed by atoms with Crippen LogP contribution in [0.15, 0.2) is 55.1 Å². The number of likely N-dealkylation sites (tertiary alicyclic amines) is 1. The summed E-state index contributed by atoms with van der Waals surface area (Å²) in [7, 11) is 0. The average molecular weight is 433 g/mol. The van der Waals surface area contributed by atoms with Crippen molar-refractivity contribution >= 4 is 17.0 Å². The number of benzene rings is 1. The number of rotatable bonds is 5. The van der Waals surface area contributed by atoms with Gasteiger partial charge in [0.1, 0.15) is 24.0 Å². The van der Waals surface area contributed by atoms with Crippen LogP contribution in [-0.2, 0) is 0 Å². The molecule has 0 saturated carbocycles. The minimum absolute atomic E-state index is 0.0112. The maximum Gasteiger partial charge on any atom is 0.407 e. The molecule has 1 amide bonds. The molecule has 1 aliphatic heterocycles. The number of ether oxygens (including phenoxy) is 1. The second-order valence-corrected chi connectivity index (χ2v) is 7.84. The summed E-state index contributed by atoms with van der Waals surface area (Å²) >= 11 is 0. The molecule has 2 atom stereocenters. The predicted molar refractivity (Wildman–Crippen MR) is 116 cm³/mol. The molecule has 0 bridgehead atoms. The van der Waals surface area contributed by atoms with Crippen LogP contribution in [0.25, 0.3) is 22.4 Å². The summed E-state index contributed by atoms with van der Waals surface area (Å²) in [5.74, 6) is 1.48. The zero-order valence-corrected chi connectivity index (χ0v) is 17.6. The van der Waals surface area contributed by atoms with Gasteiger partial charge in [0.15, 0.2) is 0 Å². The Labute approximate surface area is 184 Å². The molecule has 1 saturated heterocycles. The van der Waals surface area contributed by atoms with E-state index in [1.807, 2.05) is 54.1 Å². The Balaban J connectivity index is 1.31. The summed E-state index contributed by atoms with van der Waals surface area (Å²) in [5, 5.41) is 21.7. The monoisotopic (exact) mass is 433 g/mol. The highest BCUT2D eigenvalue weighted by molar-refractivity contribution is 5.83. The summed E-state index contributed by atoms with van der Waals surface area (Å²) in [4.78, 5) is 17.5. The van der Waals surface area contributed by atoms with Gasteiger partial charge < -0.3 is 19.3 Å². The first-order valence-corrected chi connectivity index (χ1v) is 10.6. The smallest absolute Gasteiger partial charge is 0.407 e. The van der Waals surface area contributed by atoms with E-state index in [-0.39, 0.29) is 12.1 Å². The Hall–Kier alpha value is -3.95. The fourth-order valence-electron chi connectivity index (χ4n) is 4.29. The standard InChI is InChI=1S/C22H23N7O3/c1-2-16-12-18(8-10-27(16)22(30)31)32-19-4-6-21(23-13-19)28-9-7-15-11-17(3-5-20(15)28)29-14-24-25-26-29/h3-7,9,11,13-14,16,18H,2,8,10,12H2,1H3,(H,30,31). The molecule has 1 aliphatic rings. The number of hydrogen-bond acceptors (Lipinski definition) is 6. The van der Waals surface area contributed by atoms with E-state index in [4.69, 9.17) is 4.74 Å². The Morgan fingerprint density at radius 3 is 2.88 bits per heavy atom. The van der Waals surface area contributed by atoms with Crippen LogP contribution in [-0.4, -0.2) is 64.5 Å². The lowest BCUT2D eigenvalue weighted by Gasteiger charge is -2.37. The van der Waals surface area contributed by atoms with Crippen LogP contribution in [0.5, 0.6) is 5.75 Å². The normalized spacial score (nSPS) is 18.7. The van der Waals surface area contributed by atoms with Gasteiger partial charge in [-0.2, -0.15) is 0 Å². The number of tetrazole rings is 1. The fourth-order valence-corrected chi connectivity index (χ4v) is 4.29. The van der Waals surface area contributed by atoms with Crippen molar-refractivity contribution in [1.82, 2.24) is 34.7 Å². The van der Waals surface area contributed by atoms with E-state index in [2.05, 4.69) is 20.5 Å². The lowest BCUT2D eigenvalue weighted by atomic mass is 9.98. The highest BCUT2D eigenvalue weighted by atomic mass is 16.5. The summed E-state index contributed by atoms with van der Waals surface area (Å²) in [6.07, 6.45) is 6.54. The van der Waals surface area contributed by atoms with Crippen molar-refractivity contribution in [2.24, 2.45) is 0 Å². The molecule has 0 aliphatic carbocycles. The molecule has 1 N–H and O–H groups in total. The molecule has 1 aromatic carbocycles. The number of hydrogen-bond donors (Lipinski definition) is 1. The van der Waals surface area contributed by atoms with Gasteiger partial charge in [-0.1, -0.05) is 6.92 Å². The van der Waals surface area contributed by atoms with Crippen molar-refractivity contribution in [3.63, 3.8) is 0 Å². The van der Waals surface area contributed by atoms with Crippen LogP contribution < -0.4 is 4.74 Å². The van der Waals surface area contributed by atoms with Gasteiger partial charge in [0.25, 0.3) is 0 Å². The van der Waals surface area contributed by atoms with E-state index >= 15 is 0 Å². The highest BCUT2D eigenvalue weighted by Gasteiger charge is 2.31. The van der Waals surface area contributed by atoms with Crippen molar-refractivity contribution in [2.45, 2.75) is 38.3 Å². The molecule has 0 spiro atoms. The van der Waals surface area contributed by atoms with Crippen LogP contribution in [0, 0.1) is 0 Å². The molecule has 1 fully saturated rings. The first-order chi connectivity index (χ1) is 15.6. The molecule has 5 rings (SSSR count). The lowest BCUT2D eigenvalue weighted by molar-refractivity contribution is 0.0529. The Kier molecular flexibility index (Phi) is 5.18. The van der Waals surface area contributed by atoms with Gasteiger partial charge in [-0.15, -0.1) is 5.10 Å². The zero-order valence-electron chi connectivity index (χ0n) is 17.6.